The lowest BCUT2D eigenvalue weighted by molar-refractivity contribution is -0.384. The van der Waals surface area contributed by atoms with Crippen LogP contribution < -0.4 is 5.32 Å². The molecule has 0 unspecified atom stereocenters. The number of halogens is 1. The van der Waals surface area contributed by atoms with Crippen LogP contribution in [0.5, 0.6) is 0 Å². The number of carbonyl (C=O) groups excluding carboxylic acids is 2. The predicted molar refractivity (Wildman–Crippen MR) is 83.5 cm³/mol. The first-order chi connectivity index (χ1) is 11.0. The Morgan fingerprint density at radius 1 is 1.17 bits per heavy atom. The summed E-state index contributed by atoms with van der Waals surface area (Å²) in [7, 11) is 0. The fourth-order valence-corrected chi connectivity index (χ4v) is 1.82. The second-order valence-electron chi connectivity index (χ2n) is 4.44. The molecule has 0 heterocycles. The first kappa shape index (κ1) is 16.4. The second kappa shape index (κ2) is 7.37. The highest BCUT2D eigenvalue weighted by Gasteiger charge is 2.12. The van der Waals surface area contributed by atoms with E-state index in [9.17, 15) is 19.7 Å². The predicted octanol–water partition coefficient (Wildman–Crippen LogP) is 3.04. The Morgan fingerprint density at radius 2 is 1.87 bits per heavy atom. The van der Waals surface area contributed by atoms with Crippen LogP contribution in [-0.4, -0.2) is 23.4 Å². The van der Waals surface area contributed by atoms with Crippen LogP contribution in [0.2, 0.25) is 5.02 Å². The highest BCUT2D eigenvalue weighted by molar-refractivity contribution is 6.30. The molecule has 0 atom stereocenters. The Balaban J connectivity index is 1.90. The maximum Gasteiger partial charge on any atom is 0.338 e. The van der Waals surface area contributed by atoms with Gasteiger partial charge in [-0.15, -0.1) is 0 Å². The topological polar surface area (TPSA) is 98.5 Å². The number of anilines is 1. The molecule has 0 aliphatic carbocycles. The summed E-state index contributed by atoms with van der Waals surface area (Å²) < 4.78 is 4.85. The lowest BCUT2D eigenvalue weighted by Gasteiger charge is -2.06. The van der Waals surface area contributed by atoms with E-state index >= 15 is 0 Å². The molecule has 1 amide bonds. The van der Waals surface area contributed by atoms with Gasteiger partial charge in [0, 0.05) is 22.8 Å². The van der Waals surface area contributed by atoms with E-state index in [1.165, 1.54) is 48.5 Å². The number of nitro groups is 1. The molecule has 0 saturated carbocycles. The normalized spacial score (nSPS) is 9.96. The zero-order valence-corrected chi connectivity index (χ0v) is 12.4. The van der Waals surface area contributed by atoms with Crippen LogP contribution >= 0.6 is 11.6 Å². The van der Waals surface area contributed by atoms with E-state index in [0.29, 0.717) is 5.02 Å². The quantitative estimate of drug-likeness (QED) is 0.514. The van der Waals surface area contributed by atoms with Crippen LogP contribution in [0.1, 0.15) is 10.4 Å². The van der Waals surface area contributed by atoms with Gasteiger partial charge in [0.2, 0.25) is 0 Å². The summed E-state index contributed by atoms with van der Waals surface area (Å²) >= 11 is 5.70. The average molecular weight is 335 g/mol. The third kappa shape index (κ3) is 4.79. The van der Waals surface area contributed by atoms with Crippen LogP contribution in [0, 0.1) is 10.1 Å². The van der Waals surface area contributed by atoms with Crippen molar-refractivity contribution in [2.75, 3.05) is 11.9 Å². The van der Waals surface area contributed by atoms with Crippen molar-refractivity contribution in [3.8, 4) is 0 Å². The minimum atomic E-state index is -0.671. The number of benzene rings is 2. The monoisotopic (exact) mass is 334 g/mol. The first-order valence-electron chi connectivity index (χ1n) is 6.43. The summed E-state index contributed by atoms with van der Waals surface area (Å²) in [5.41, 5.74) is 0.352. The highest BCUT2D eigenvalue weighted by Crippen LogP contribution is 2.17. The number of nitrogens with zero attached hydrogens (tertiary/aromatic N) is 1. The summed E-state index contributed by atoms with van der Waals surface area (Å²) in [5, 5.41) is 13.5. The minimum Gasteiger partial charge on any atom is -0.452 e. The SMILES string of the molecule is O=C(COC(=O)c1ccc(Cl)cc1)Nc1cccc([N+](=O)[O-])c1. The molecule has 2 rings (SSSR count). The fraction of sp³-hybridized carbons (Fsp3) is 0.0667. The average Bonchev–Trinajstić information content (AvgIpc) is 2.53. The van der Waals surface area contributed by atoms with Crippen molar-refractivity contribution in [3.63, 3.8) is 0 Å². The number of non-ortho nitro benzene ring substituents is 1. The van der Waals surface area contributed by atoms with Gasteiger partial charge in [0.05, 0.1) is 10.5 Å². The maximum atomic E-state index is 11.7. The van der Waals surface area contributed by atoms with Gasteiger partial charge >= 0.3 is 5.97 Å². The molecule has 0 spiro atoms. The van der Waals surface area contributed by atoms with Crippen molar-refractivity contribution < 1.29 is 19.2 Å². The molecule has 118 valence electrons. The van der Waals surface area contributed by atoms with E-state index in [0.717, 1.165) is 0 Å². The second-order valence-corrected chi connectivity index (χ2v) is 4.88. The molecule has 7 nitrogen and oxygen atoms in total. The summed E-state index contributed by atoms with van der Waals surface area (Å²) in [5.74, 6) is -1.27. The van der Waals surface area contributed by atoms with Crippen LogP contribution in [0.15, 0.2) is 48.5 Å². The van der Waals surface area contributed by atoms with Crippen molar-refractivity contribution in [1.29, 1.82) is 0 Å². The molecule has 0 aliphatic heterocycles. The summed E-state index contributed by atoms with van der Waals surface area (Å²) in [6, 6.07) is 11.4. The molecule has 0 aromatic heterocycles. The van der Waals surface area contributed by atoms with Crippen LogP contribution in [-0.2, 0) is 9.53 Å². The van der Waals surface area contributed by atoms with Crippen molar-refractivity contribution >= 4 is 34.9 Å². The van der Waals surface area contributed by atoms with Gasteiger partial charge in [0.25, 0.3) is 11.6 Å². The standard InChI is InChI=1S/C15H11ClN2O5/c16-11-6-4-10(5-7-11)15(20)23-9-14(19)17-12-2-1-3-13(8-12)18(21)22/h1-8H,9H2,(H,17,19). The van der Waals surface area contributed by atoms with Crippen LogP contribution in [0.25, 0.3) is 0 Å². The zero-order chi connectivity index (χ0) is 16.8. The molecular weight excluding hydrogens is 324 g/mol. The van der Waals surface area contributed by atoms with Gasteiger partial charge in [-0.2, -0.15) is 0 Å². The number of hydrogen-bond donors (Lipinski definition) is 1. The lowest BCUT2D eigenvalue weighted by atomic mass is 10.2. The Kier molecular flexibility index (Phi) is 5.27. The summed E-state index contributed by atoms with van der Waals surface area (Å²) in [4.78, 5) is 33.5. The van der Waals surface area contributed by atoms with E-state index in [-0.39, 0.29) is 16.9 Å². The Morgan fingerprint density at radius 3 is 2.52 bits per heavy atom. The number of amides is 1. The number of hydrogen-bond acceptors (Lipinski definition) is 5. The van der Waals surface area contributed by atoms with E-state index in [1.807, 2.05) is 0 Å². The van der Waals surface area contributed by atoms with Gasteiger partial charge in [-0.1, -0.05) is 17.7 Å². The van der Waals surface area contributed by atoms with Crippen molar-refractivity contribution in [2.45, 2.75) is 0 Å². The lowest BCUT2D eigenvalue weighted by Crippen LogP contribution is -2.20. The van der Waals surface area contributed by atoms with Crippen LogP contribution in [0.4, 0.5) is 11.4 Å². The Bertz CT molecular complexity index is 746. The van der Waals surface area contributed by atoms with E-state index in [4.69, 9.17) is 16.3 Å². The number of nitrogens with one attached hydrogen (secondary N) is 1. The molecule has 2 aromatic carbocycles. The van der Waals surface area contributed by atoms with Gasteiger partial charge in [-0.05, 0) is 30.3 Å². The van der Waals surface area contributed by atoms with Gasteiger partial charge in [0.15, 0.2) is 6.61 Å². The highest BCUT2D eigenvalue weighted by atomic mass is 35.5. The first-order valence-corrected chi connectivity index (χ1v) is 6.80. The fourth-order valence-electron chi connectivity index (χ4n) is 1.69. The third-order valence-electron chi connectivity index (χ3n) is 2.76. The molecule has 0 bridgehead atoms. The van der Waals surface area contributed by atoms with Crippen LogP contribution in [0.3, 0.4) is 0 Å². The number of esters is 1. The Hall–Kier alpha value is -2.93. The number of ether oxygens (including phenoxy) is 1. The molecule has 23 heavy (non-hydrogen) atoms. The largest absolute Gasteiger partial charge is 0.452 e. The van der Waals surface area contributed by atoms with Crippen molar-refractivity contribution in [3.05, 3.63) is 69.2 Å². The molecule has 8 heteroatoms. The van der Waals surface area contributed by atoms with Gasteiger partial charge in [0.1, 0.15) is 0 Å². The summed E-state index contributed by atoms with van der Waals surface area (Å²) in [6.07, 6.45) is 0. The molecular formula is C15H11ClN2O5. The minimum absolute atomic E-state index is 0.152. The van der Waals surface area contributed by atoms with E-state index in [2.05, 4.69) is 5.32 Å². The Labute approximate surface area is 136 Å². The van der Waals surface area contributed by atoms with E-state index < -0.39 is 23.4 Å². The molecule has 0 fully saturated rings. The number of nitro benzene ring substituents is 1. The summed E-state index contributed by atoms with van der Waals surface area (Å²) in [6.45, 7) is -0.510. The molecule has 1 N–H and O–H groups in total. The third-order valence-corrected chi connectivity index (χ3v) is 3.01. The molecule has 0 aliphatic rings. The van der Waals surface area contributed by atoms with Gasteiger partial charge in [-0.3, -0.25) is 14.9 Å². The maximum absolute atomic E-state index is 11.7. The van der Waals surface area contributed by atoms with Gasteiger partial charge in [-0.25, -0.2) is 4.79 Å². The van der Waals surface area contributed by atoms with Crippen molar-refractivity contribution in [2.24, 2.45) is 0 Å². The van der Waals surface area contributed by atoms with E-state index in [1.54, 1.807) is 0 Å². The molecule has 0 saturated heterocycles. The number of carbonyl (C=O) groups is 2. The zero-order valence-electron chi connectivity index (χ0n) is 11.7. The smallest absolute Gasteiger partial charge is 0.338 e. The molecule has 0 radical (unpaired) electrons. The number of rotatable bonds is 5. The molecule has 2 aromatic rings. The van der Waals surface area contributed by atoms with Gasteiger partial charge < -0.3 is 10.1 Å². The van der Waals surface area contributed by atoms with Crippen molar-refractivity contribution in [1.82, 2.24) is 0 Å².